The van der Waals surface area contributed by atoms with Crippen molar-refractivity contribution in [2.75, 3.05) is 11.4 Å². The summed E-state index contributed by atoms with van der Waals surface area (Å²) in [5, 5.41) is 3.17. The van der Waals surface area contributed by atoms with Crippen LogP contribution in [0.5, 0.6) is 0 Å². The molecule has 0 saturated carbocycles. The van der Waals surface area contributed by atoms with E-state index >= 15 is 0 Å². The molecule has 20 heavy (non-hydrogen) atoms. The minimum Gasteiger partial charge on any atom is -0.472 e. The molecule has 4 rings (SSSR count). The van der Waals surface area contributed by atoms with Crippen molar-refractivity contribution in [2.24, 2.45) is 0 Å². The van der Waals surface area contributed by atoms with Crippen LogP contribution >= 0.6 is 11.3 Å². The van der Waals surface area contributed by atoms with Crippen molar-refractivity contribution in [2.45, 2.75) is 13.0 Å². The fraction of sp³-hybridized carbons (Fsp3) is 0.188. The maximum atomic E-state index is 5.11. The quantitative estimate of drug-likeness (QED) is 0.728. The number of rotatable bonds is 3. The first-order valence-electron chi connectivity index (χ1n) is 6.70. The number of hydrogen-bond donors (Lipinski definition) is 0. The Kier molecular flexibility index (Phi) is 2.81. The number of nitrogens with zero attached hydrogens (tertiary/aromatic N) is 2. The number of thiazole rings is 1. The molecule has 0 radical (unpaired) electrons. The number of para-hydroxylation sites is 1. The highest BCUT2D eigenvalue weighted by atomic mass is 32.1. The van der Waals surface area contributed by atoms with E-state index in [1.807, 2.05) is 6.07 Å². The predicted molar refractivity (Wildman–Crippen MR) is 81.0 cm³/mol. The molecule has 0 N–H and O–H groups in total. The van der Waals surface area contributed by atoms with Gasteiger partial charge in [-0.2, -0.15) is 0 Å². The molecule has 1 aliphatic rings. The normalized spacial score (nSPS) is 13.7. The summed E-state index contributed by atoms with van der Waals surface area (Å²) < 4.78 is 5.11. The third kappa shape index (κ3) is 2.02. The molecular formula is C16H14N2OS. The molecule has 0 atom stereocenters. The van der Waals surface area contributed by atoms with Gasteiger partial charge in [0.1, 0.15) is 11.3 Å². The molecule has 0 fully saturated rings. The van der Waals surface area contributed by atoms with Gasteiger partial charge in [0.15, 0.2) is 0 Å². The van der Waals surface area contributed by atoms with E-state index in [2.05, 4.69) is 34.5 Å². The van der Waals surface area contributed by atoms with Crippen LogP contribution in [0, 0.1) is 0 Å². The van der Waals surface area contributed by atoms with Crippen molar-refractivity contribution in [3.8, 4) is 10.6 Å². The van der Waals surface area contributed by atoms with Crippen molar-refractivity contribution in [3.05, 3.63) is 59.5 Å². The summed E-state index contributed by atoms with van der Waals surface area (Å²) >= 11 is 1.67. The van der Waals surface area contributed by atoms with E-state index in [4.69, 9.17) is 9.40 Å². The first kappa shape index (κ1) is 11.7. The molecule has 0 amide bonds. The van der Waals surface area contributed by atoms with Gasteiger partial charge in [0, 0.05) is 23.2 Å². The maximum absolute atomic E-state index is 5.11. The lowest BCUT2D eigenvalue weighted by atomic mass is 10.2. The fourth-order valence-corrected chi connectivity index (χ4v) is 3.46. The van der Waals surface area contributed by atoms with Gasteiger partial charge >= 0.3 is 0 Å². The van der Waals surface area contributed by atoms with Gasteiger partial charge in [-0.25, -0.2) is 4.98 Å². The zero-order valence-electron chi connectivity index (χ0n) is 11.0. The SMILES string of the molecule is c1ccc2c(c1)CCN2Cc1csc(-c2ccoc2)n1. The Balaban J connectivity index is 1.56. The van der Waals surface area contributed by atoms with Gasteiger partial charge in [0.2, 0.25) is 0 Å². The van der Waals surface area contributed by atoms with E-state index in [9.17, 15) is 0 Å². The van der Waals surface area contributed by atoms with Crippen LogP contribution in [0.4, 0.5) is 5.69 Å². The molecule has 2 aromatic heterocycles. The van der Waals surface area contributed by atoms with Gasteiger partial charge in [0.25, 0.3) is 0 Å². The van der Waals surface area contributed by atoms with E-state index in [1.54, 1.807) is 23.9 Å². The van der Waals surface area contributed by atoms with Gasteiger partial charge in [-0.15, -0.1) is 11.3 Å². The Bertz CT molecular complexity index is 718. The maximum Gasteiger partial charge on any atom is 0.126 e. The summed E-state index contributed by atoms with van der Waals surface area (Å²) in [7, 11) is 0. The van der Waals surface area contributed by atoms with Crippen LogP contribution in [0.1, 0.15) is 11.3 Å². The Labute approximate surface area is 121 Å². The standard InChI is InChI=1S/C16H14N2OS/c1-2-4-15-12(3-1)5-7-18(15)9-14-11-20-16(17-14)13-6-8-19-10-13/h1-4,6,8,10-11H,5,7,9H2. The molecule has 0 aliphatic carbocycles. The van der Waals surface area contributed by atoms with Crippen LogP contribution in [0.3, 0.4) is 0 Å². The van der Waals surface area contributed by atoms with Crippen LogP contribution < -0.4 is 4.90 Å². The van der Waals surface area contributed by atoms with E-state index < -0.39 is 0 Å². The van der Waals surface area contributed by atoms with Crippen LogP contribution in [0.25, 0.3) is 10.6 Å². The van der Waals surface area contributed by atoms with E-state index in [0.29, 0.717) is 0 Å². The largest absolute Gasteiger partial charge is 0.472 e. The number of benzene rings is 1. The number of anilines is 1. The third-order valence-corrected chi connectivity index (χ3v) is 4.60. The van der Waals surface area contributed by atoms with Crippen molar-refractivity contribution in [3.63, 3.8) is 0 Å². The van der Waals surface area contributed by atoms with Crippen LogP contribution in [0.15, 0.2) is 52.7 Å². The summed E-state index contributed by atoms with van der Waals surface area (Å²) in [6, 6.07) is 10.6. The van der Waals surface area contributed by atoms with Crippen molar-refractivity contribution >= 4 is 17.0 Å². The van der Waals surface area contributed by atoms with E-state index in [1.165, 1.54) is 11.3 Å². The highest BCUT2D eigenvalue weighted by Gasteiger charge is 2.19. The number of aromatic nitrogens is 1. The Morgan fingerprint density at radius 2 is 2.20 bits per heavy atom. The Hall–Kier alpha value is -2.07. The highest BCUT2D eigenvalue weighted by Crippen LogP contribution is 2.30. The smallest absolute Gasteiger partial charge is 0.126 e. The molecule has 0 saturated heterocycles. The van der Waals surface area contributed by atoms with E-state index in [-0.39, 0.29) is 0 Å². The average Bonchev–Trinajstić information content (AvgIpc) is 3.19. The molecule has 100 valence electrons. The molecule has 1 aliphatic heterocycles. The molecule has 4 heteroatoms. The molecule has 3 nitrogen and oxygen atoms in total. The van der Waals surface area contributed by atoms with Gasteiger partial charge < -0.3 is 9.32 Å². The Morgan fingerprint density at radius 3 is 3.10 bits per heavy atom. The van der Waals surface area contributed by atoms with Gasteiger partial charge in [-0.3, -0.25) is 0 Å². The molecule has 0 bridgehead atoms. The molecule has 3 heterocycles. The highest BCUT2D eigenvalue weighted by molar-refractivity contribution is 7.13. The van der Waals surface area contributed by atoms with Crippen molar-refractivity contribution in [1.82, 2.24) is 4.98 Å². The van der Waals surface area contributed by atoms with Crippen LogP contribution in [-0.4, -0.2) is 11.5 Å². The molecule has 0 spiro atoms. The first-order chi connectivity index (χ1) is 9.90. The number of furan rings is 1. The Morgan fingerprint density at radius 1 is 1.25 bits per heavy atom. The number of fused-ring (bicyclic) bond motifs is 1. The molecular weight excluding hydrogens is 268 g/mol. The zero-order valence-corrected chi connectivity index (χ0v) is 11.8. The van der Waals surface area contributed by atoms with Crippen LogP contribution in [0.2, 0.25) is 0 Å². The lowest BCUT2D eigenvalue weighted by Gasteiger charge is -2.17. The van der Waals surface area contributed by atoms with Crippen LogP contribution in [-0.2, 0) is 13.0 Å². The zero-order chi connectivity index (χ0) is 13.4. The lowest BCUT2D eigenvalue weighted by molar-refractivity contribution is 0.568. The second kappa shape index (κ2) is 4.80. The fourth-order valence-electron chi connectivity index (χ4n) is 2.66. The first-order valence-corrected chi connectivity index (χ1v) is 7.58. The molecule has 3 aromatic rings. The van der Waals surface area contributed by atoms with Gasteiger partial charge in [-0.05, 0) is 24.1 Å². The summed E-state index contributed by atoms with van der Waals surface area (Å²) in [4.78, 5) is 7.11. The monoisotopic (exact) mass is 282 g/mol. The average molecular weight is 282 g/mol. The molecule has 0 unspecified atom stereocenters. The van der Waals surface area contributed by atoms with Gasteiger partial charge in [-0.1, -0.05) is 18.2 Å². The van der Waals surface area contributed by atoms with Crippen molar-refractivity contribution < 1.29 is 4.42 Å². The second-order valence-corrected chi connectivity index (χ2v) is 5.81. The predicted octanol–water partition coefficient (Wildman–Crippen LogP) is 3.97. The summed E-state index contributed by atoms with van der Waals surface area (Å²) in [5.74, 6) is 0. The van der Waals surface area contributed by atoms with E-state index in [0.717, 1.165) is 35.8 Å². The van der Waals surface area contributed by atoms with Crippen molar-refractivity contribution in [1.29, 1.82) is 0 Å². The summed E-state index contributed by atoms with van der Waals surface area (Å²) in [6.07, 6.45) is 4.57. The minimum atomic E-state index is 0.880. The molecule has 1 aromatic carbocycles. The topological polar surface area (TPSA) is 29.3 Å². The van der Waals surface area contributed by atoms with Gasteiger partial charge in [0.05, 0.1) is 18.5 Å². The summed E-state index contributed by atoms with van der Waals surface area (Å²) in [5.41, 5.74) is 4.98. The second-order valence-electron chi connectivity index (χ2n) is 4.96. The third-order valence-electron chi connectivity index (χ3n) is 3.66. The number of hydrogen-bond acceptors (Lipinski definition) is 4. The lowest BCUT2D eigenvalue weighted by Crippen LogP contribution is -2.19. The summed E-state index contributed by atoms with van der Waals surface area (Å²) in [6.45, 7) is 1.96. The minimum absolute atomic E-state index is 0.880.